The van der Waals surface area contributed by atoms with E-state index < -0.39 is 0 Å². The van der Waals surface area contributed by atoms with E-state index in [9.17, 15) is 0 Å². The van der Waals surface area contributed by atoms with Gasteiger partial charge < -0.3 is 15.1 Å². The molecule has 1 aromatic heterocycles. The van der Waals surface area contributed by atoms with Crippen molar-refractivity contribution in [1.82, 2.24) is 15.3 Å². The fourth-order valence-electron chi connectivity index (χ4n) is 2.70. The van der Waals surface area contributed by atoms with Gasteiger partial charge in [0, 0.05) is 39.4 Å². The lowest BCUT2D eigenvalue weighted by Crippen LogP contribution is -2.43. The van der Waals surface area contributed by atoms with Gasteiger partial charge in [0.05, 0.1) is 0 Å². The van der Waals surface area contributed by atoms with E-state index in [1.54, 1.807) is 0 Å². The van der Waals surface area contributed by atoms with Gasteiger partial charge in [-0.2, -0.15) is 4.98 Å². The van der Waals surface area contributed by atoms with Gasteiger partial charge in [-0.3, -0.25) is 0 Å². The number of nitrogens with one attached hydrogen (secondary N) is 1. The summed E-state index contributed by atoms with van der Waals surface area (Å²) in [5.41, 5.74) is 0. The molecule has 2 fully saturated rings. The van der Waals surface area contributed by atoms with Crippen molar-refractivity contribution in [3.63, 3.8) is 0 Å². The fourth-order valence-corrected chi connectivity index (χ4v) is 2.70. The van der Waals surface area contributed by atoms with Crippen LogP contribution >= 0.6 is 0 Å². The first-order valence-corrected chi connectivity index (χ1v) is 7.71. The van der Waals surface area contributed by atoms with Crippen molar-refractivity contribution in [3.05, 3.63) is 12.3 Å². The third-order valence-corrected chi connectivity index (χ3v) is 4.24. The molecule has 0 radical (unpaired) electrons. The van der Waals surface area contributed by atoms with Gasteiger partial charge in [-0.1, -0.05) is 0 Å². The van der Waals surface area contributed by atoms with Crippen LogP contribution in [0.4, 0.5) is 11.8 Å². The van der Waals surface area contributed by atoms with E-state index in [-0.39, 0.29) is 0 Å². The Kier molecular flexibility index (Phi) is 4.05. The predicted octanol–water partition coefficient (Wildman–Crippen LogP) is 1.51. The maximum Gasteiger partial charge on any atom is 0.226 e. The Hall–Kier alpha value is -1.36. The summed E-state index contributed by atoms with van der Waals surface area (Å²) in [7, 11) is 3.96. The van der Waals surface area contributed by atoms with Crippen LogP contribution in [0.15, 0.2) is 12.3 Å². The molecular weight excluding hydrogens is 250 g/mol. The average Bonchev–Trinajstić information content (AvgIpc) is 3.30. The average molecular weight is 275 g/mol. The highest BCUT2D eigenvalue weighted by molar-refractivity contribution is 5.43. The lowest BCUT2D eigenvalue weighted by Gasteiger charge is -2.33. The zero-order valence-electron chi connectivity index (χ0n) is 12.5. The van der Waals surface area contributed by atoms with Crippen molar-refractivity contribution in [2.45, 2.75) is 31.7 Å². The summed E-state index contributed by atoms with van der Waals surface area (Å²) < 4.78 is 0. The molecule has 1 saturated heterocycles. The molecule has 5 nitrogen and oxygen atoms in total. The molecule has 0 bridgehead atoms. The van der Waals surface area contributed by atoms with Crippen LogP contribution in [0, 0.1) is 5.92 Å². The molecule has 1 aromatic rings. The van der Waals surface area contributed by atoms with Crippen molar-refractivity contribution in [1.29, 1.82) is 0 Å². The standard InChI is InChI=1S/C15H25N5/c1-19(2)15-16-8-5-14(18-15)20-9-6-13(7-10-20)17-11-12-3-4-12/h5,8,12-13,17H,3-4,6-7,9-11H2,1-2H3. The van der Waals surface area contributed by atoms with Gasteiger partial charge in [0.1, 0.15) is 5.82 Å². The minimum absolute atomic E-state index is 0.696. The molecule has 1 saturated carbocycles. The first-order chi connectivity index (χ1) is 9.72. The van der Waals surface area contributed by atoms with Crippen LogP contribution in [0.2, 0.25) is 0 Å². The highest BCUT2D eigenvalue weighted by Gasteiger charge is 2.24. The van der Waals surface area contributed by atoms with Crippen LogP contribution in [0.25, 0.3) is 0 Å². The summed E-state index contributed by atoms with van der Waals surface area (Å²) >= 11 is 0. The molecule has 20 heavy (non-hydrogen) atoms. The van der Waals surface area contributed by atoms with E-state index in [2.05, 4.69) is 20.2 Å². The topological polar surface area (TPSA) is 44.3 Å². The molecule has 1 aliphatic carbocycles. The van der Waals surface area contributed by atoms with E-state index in [0.717, 1.165) is 30.8 Å². The quantitative estimate of drug-likeness (QED) is 0.882. The van der Waals surface area contributed by atoms with Crippen molar-refractivity contribution in [3.8, 4) is 0 Å². The van der Waals surface area contributed by atoms with Crippen molar-refractivity contribution in [2.24, 2.45) is 5.92 Å². The molecule has 1 N–H and O–H groups in total. The van der Waals surface area contributed by atoms with Gasteiger partial charge in [0.2, 0.25) is 5.95 Å². The molecule has 0 unspecified atom stereocenters. The summed E-state index contributed by atoms with van der Waals surface area (Å²) in [6, 6.07) is 2.72. The summed E-state index contributed by atoms with van der Waals surface area (Å²) in [5.74, 6) is 2.82. The maximum absolute atomic E-state index is 4.63. The van der Waals surface area contributed by atoms with Crippen molar-refractivity contribution >= 4 is 11.8 Å². The van der Waals surface area contributed by atoms with Gasteiger partial charge in [-0.15, -0.1) is 0 Å². The summed E-state index contributed by atoms with van der Waals surface area (Å²) in [6.07, 6.45) is 7.15. The number of hydrogen-bond acceptors (Lipinski definition) is 5. The van der Waals surface area contributed by atoms with Crippen LogP contribution in [0.1, 0.15) is 25.7 Å². The third kappa shape index (κ3) is 3.39. The minimum atomic E-state index is 0.696. The van der Waals surface area contributed by atoms with Gasteiger partial charge in [0.15, 0.2) is 0 Å². The lowest BCUT2D eigenvalue weighted by atomic mass is 10.0. The summed E-state index contributed by atoms with van der Waals surface area (Å²) in [5, 5.41) is 3.72. The molecule has 110 valence electrons. The Morgan fingerprint density at radius 2 is 2.00 bits per heavy atom. The second-order valence-corrected chi connectivity index (χ2v) is 6.22. The van der Waals surface area contributed by atoms with Crippen LogP contribution < -0.4 is 15.1 Å². The molecule has 2 aliphatic rings. The molecule has 1 aliphatic heterocycles. The molecule has 3 rings (SSSR count). The number of hydrogen-bond donors (Lipinski definition) is 1. The summed E-state index contributed by atoms with van der Waals surface area (Å²) in [4.78, 5) is 13.2. The summed E-state index contributed by atoms with van der Waals surface area (Å²) in [6.45, 7) is 3.40. The van der Waals surface area contributed by atoms with Gasteiger partial charge in [-0.05, 0) is 44.2 Å². The van der Waals surface area contributed by atoms with Gasteiger partial charge in [0.25, 0.3) is 0 Å². The number of anilines is 2. The predicted molar refractivity (Wildman–Crippen MR) is 82.3 cm³/mol. The molecule has 2 heterocycles. The highest BCUT2D eigenvalue weighted by Crippen LogP contribution is 2.28. The second-order valence-electron chi connectivity index (χ2n) is 6.22. The Bertz CT molecular complexity index is 436. The smallest absolute Gasteiger partial charge is 0.226 e. The van der Waals surface area contributed by atoms with E-state index in [1.165, 1.54) is 32.2 Å². The van der Waals surface area contributed by atoms with Crippen molar-refractivity contribution in [2.75, 3.05) is 43.5 Å². The highest BCUT2D eigenvalue weighted by atomic mass is 15.3. The van der Waals surface area contributed by atoms with E-state index >= 15 is 0 Å². The normalized spacial score (nSPS) is 20.2. The maximum atomic E-state index is 4.63. The number of piperidine rings is 1. The third-order valence-electron chi connectivity index (χ3n) is 4.24. The molecular formula is C15H25N5. The Balaban J connectivity index is 1.52. The first kappa shape index (κ1) is 13.6. The van der Waals surface area contributed by atoms with Crippen LogP contribution in [-0.2, 0) is 0 Å². The lowest BCUT2D eigenvalue weighted by molar-refractivity contribution is 0.407. The molecule has 0 aromatic carbocycles. The van der Waals surface area contributed by atoms with Gasteiger partial charge >= 0.3 is 0 Å². The molecule has 0 atom stereocenters. The van der Waals surface area contributed by atoms with Gasteiger partial charge in [-0.25, -0.2) is 4.98 Å². The van der Waals surface area contributed by atoms with E-state index in [4.69, 9.17) is 0 Å². The molecule has 0 spiro atoms. The number of rotatable bonds is 5. The van der Waals surface area contributed by atoms with Crippen LogP contribution in [0.5, 0.6) is 0 Å². The van der Waals surface area contributed by atoms with E-state index in [0.29, 0.717) is 6.04 Å². The van der Waals surface area contributed by atoms with E-state index in [1.807, 2.05) is 31.3 Å². The Morgan fingerprint density at radius 1 is 1.25 bits per heavy atom. The minimum Gasteiger partial charge on any atom is -0.356 e. The monoisotopic (exact) mass is 275 g/mol. The molecule has 0 amide bonds. The van der Waals surface area contributed by atoms with Crippen LogP contribution in [0.3, 0.4) is 0 Å². The van der Waals surface area contributed by atoms with Crippen LogP contribution in [-0.4, -0.2) is 49.7 Å². The largest absolute Gasteiger partial charge is 0.356 e. The molecule has 5 heteroatoms. The Labute approximate surface area is 121 Å². The number of aromatic nitrogens is 2. The van der Waals surface area contributed by atoms with Crippen molar-refractivity contribution < 1.29 is 0 Å². The Morgan fingerprint density at radius 3 is 2.65 bits per heavy atom. The SMILES string of the molecule is CN(C)c1nccc(N2CCC(NCC3CC3)CC2)n1. The zero-order chi connectivity index (χ0) is 13.9. The zero-order valence-corrected chi connectivity index (χ0v) is 12.5. The second kappa shape index (κ2) is 5.95. The fraction of sp³-hybridized carbons (Fsp3) is 0.733. The number of nitrogens with zero attached hydrogens (tertiary/aromatic N) is 4. The first-order valence-electron chi connectivity index (χ1n) is 7.71.